The van der Waals surface area contributed by atoms with Crippen molar-refractivity contribution < 1.29 is 4.79 Å². The highest BCUT2D eigenvalue weighted by molar-refractivity contribution is 6.06. The van der Waals surface area contributed by atoms with Crippen LogP contribution in [-0.4, -0.2) is 21.8 Å². The molecule has 2 aromatic carbocycles. The minimum atomic E-state index is 0.0577. The number of amides is 1. The largest absolute Gasteiger partial charge is 0.330 e. The number of rotatable bonds is 3. The standard InChI is InChI=1S/C21H20N2O/c1-3-14(2)23-13-18-16-11-7-8-12-17(16)19(22-20(18)21(23)24)15-9-5-4-6-10-15/h4-12,14H,3,13H2,1-2H3/t14-/m0/s1. The topological polar surface area (TPSA) is 33.2 Å². The Kier molecular flexibility index (Phi) is 3.57. The maximum absolute atomic E-state index is 12.9. The van der Waals surface area contributed by atoms with E-state index in [-0.39, 0.29) is 11.9 Å². The number of benzene rings is 2. The van der Waals surface area contributed by atoms with Gasteiger partial charge in [-0.1, -0.05) is 61.5 Å². The van der Waals surface area contributed by atoms with Gasteiger partial charge in [-0.05, 0) is 18.7 Å². The molecule has 0 bridgehead atoms. The van der Waals surface area contributed by atoms with Crippen LogP contribution >= 0.6 is 0 Å². The lowest BCUT2D eigenvalue weighted by Crippen LogP contribution is -2.32. The number of fused-ring (bicyclic) bond motifs is 3. The summed E-state index contributed by atoms with van der Waals surface area (Å²) in [6.45, 7) is 4.87. The van der Waals surface area contributed by atoms with Crippen LogP contribution in [0, 0.1) is 0 Å². The van der Waals surface area contributed by atoms with E-state index in [2.05, 4.69) is 26.0 Å². The Balaban J connectivity index is 1.97. The number of hydrogen-bond donors (Lipinski definition) is 0. The molecular formula is C21H20N2O. The SMILES string of the molecule is CC[C@H](C)N1Cc2c(nc(-c3ccccc3)c3ccccc23)C1=O. The van der Waals surface area contributed by atoms with Crippen LogP contribution in [0.1, 0.15) is 36.3 Å². The van der Waals surface area contributed by atoms with Crippen LogP contribution in [0.15, 0.2) is 54.6 Å². The summed E-state index contributed by atoms with van der Waals surface area (Å²) in [6, 6.07) is 18.6. The molecule has 3 nitrogen and oxygen atoms in total. The third-order valence-electron chi connectivity index (χ3n) is 4.98. The first-order chi connectivity index (χ1) is 11.7. The molecule has 4 rings (SSSR count). The third-order valence-corrected chi connectivity index (χ3v) is 4.98. The normalized spacial score (nSPS) is 14.9. The molecule has 1 atom stereocenters. The molecule has 0 fully saturated rings. The molecule has 0 radical (unpaired) electrons. The van der Waals surface area contributed by atoms with Crippen molar-refractivity contribution in [1.29, 1.82) is 0 Å². The Bertz CT molecular complexity index is 918. The summed E-state index contributed by atoms with van der Waals surface area (Å²) in [5.74, 6) is 0.0577. The Morgan fingerprint density at radius 1 is 1.00 bits per heavy atom. The molecule has 1 aliphatic heterocycles. The summed E-state index contributed by atoms with van der Waals surface area (Å²) in [4.78, 5) is 19.6. The minimum Gasteiger partial charge on any atom is -0.330 e. The highest BCUT2D eigenvalue weighted by atomic mass is 16.2. The van der Waals surface area contributed by atoms with Crippen LogP contribution in [0.2, 0.25) is 0 Å². The maximum atomic E-state index is 12.9. The first-order valence-corrected chi connectivity index (χ1v) is 8.48. The van der Waals surface area contributed by atoms with Crippen molar-refractivity contribution >= 4 is 16.7 Å². The van der Waals surface area contributed by atoms with E-state index in [1.165, 1.54) is 0 Å². The molecular weight excluding hydrogens is 296 g/mol. The third kappa shape index (κ3) is 2.20. The molecule has 120 valence electrons. The fourth-order valence-electron chi connectivity index (χ4n) is 3.43. The van der Waals surface area contributed by atoms with Crippen LogP contribution in [0.4, 0.5) is 0 Å². The van der Waals surface area contributed by atoms with Gasteiger partial charge in [0.25, 0.3) is 5.91 Å². The van der Waals surface area contributed by atoms with Crippen LogP contribution in [-0.2, 0) is 6.54 Å². The van der Waals surface area contributed by atoms with Crippen molar-refractivity contribution in [3.05, 3.63) is 65.9 Å². The van der Waals surface area contributed by atoms with Crippen molar-refractivity contribution in [1.82, 2.24) is 9.88 Å². The van der Waals surface area contributed by atoms with Gasteiger partial charge >= 0.3 is 0 Å². The number of carbonyl (C=O) groups excluding carboxylic acids is 1. The van der Waals surface area contributed by atoms with E-state index in [1.807, 2.05) is 47.4 Å². The second-order valence-corrected chi connectivity index (χ2v) is 6.39. The summed E-state index contributed by atoms with van der Waals surface area (Å²) < 4.78 is 0. The Morgan fingerprint density at radius 3 is 2.38 bits per heavy atom. The fraction of sp³-hybridized carbons (Fsp3) is 0.238. The van der Waals surface area contributed by atoms with Gasteiger partial charge in [0.05, 0.1) is 5.69 Å². The zero-order chi connectivity index (χ0) is 16.7. The molecule has 2 heterocycles. The monoisotopic (exact) mass is 316 g/mol. The van der Waals surface area contributed by atoms with Crippen molar-refractivity contribution in [2.24, 2.45) is 0 Å². The number of pyridine rings is 1. The van der Waals surface area contributed by atoms with Crippen molar-refractivity contribution in [3.63, 3.8) is 0 Å². The molecule has 3 aromatic rings. The maximum Gasteiger partial charge on any atom is 0.273 e. The van der Waals surface area contributed by atoms with Crippen molar-refractivity contribution in [3.8, 4) is 11.3 Å². The first-order valence-electron chi connectivity index (χ1n) is 8.48. The molecule has 3 heteroatoms. The molecule has 0 saturated carbocycles. The van der Waals surface area contributed by atoms with Crippen molar-refractivity contribution in [2.75, 3.05) is 0 Å². The zero-order valence-corrected chi connectivity index (χ0v) is 14.0. The molecule has 24 heavy (non-hydrogen) atoms. The van der Waals surface area contributed by atoms with Crippen LogP contribution in [0.5, 0.6) is 0 Å². The molecule has 0 spiro atoms. The second-order valence-electron chi connectivity index (χ2n) is 6.39. The minimum absolute atomic E-state index is 0.0577. The van der Waals surface area contributed by atoms with E-state index >= 15 is 0 Å². The van der Waals surface area contributed by atoms with Gasteiger partial charge in [-0.3, -0.25) is 4.79 Å². The van der Waals surface area contributed by atoms with Crippen LogP contribution < -0.4 is 0 Å². The van der Waals surface area contributed by atoms with Gasteiger partial charge in [0, 0.05) is 29.1 Å². The number of hydrogen-bond acceptors (Lipinski definition) is 2. The number of nitrogens with zero attached hydrogens (tertiary/aromatic N) is 2. The molecule has 0 saturated heterocycles. The fourth-order valence-corrected chi connectivity index (χ4v) is 3.43. The molecule has 0 N–H and O–H groups in total. The zero-order valence-electron chi connectivity index (χ0n) is 14.0. The van der Waals surface area contributed by atoms with Gasteiger partial charge in [-0.15, -0.1) is 0 Å². The Hall–Kier alpha value is -2.68. The summed E-state index contributed by atoms with van der Waals surface area (Å²) in [7, 11) is 0. The smallest absolute Gasteiger partial charge is 0.273 e. The van der Waals surface area contributed by atoms with E-state index < -0.39 is 0 Å². The second kappa shape index (κ2) is 5.75. The number of carbonyl (C=O) groups is 1. The quantitative estimate of drug-likeness (QED) is 0.704. The highest BCUT2D eigenvalue weighted by Crippen LogP contribution is 2.35. The summed E-state index contributed by atoms with van der Waals surface area (Å²) in [5, 5.41) is 2.25. The lowest BCUT2D eigenvalue weighted by atomic mass is 9.99. The molecule has 1 aliphatic rings. The van der Waals surface area contributed by atoms with Gasteiger partial charge in [-0.2, -0.15) is 0 Å². The highest BCUT2D eigenvalue weighted by Gasteiger charge is 2.33. The molecule has 0 aliphatic carbocycles. The summed E-state index contributed by atoms with van der Waals surface area (Å²) in [5.41, 5.74) is 3.62. The lowest BCUT2D eigenvalue weighted by molar-refractivity contribution is 0.0709. The predicted molar refractivity (Wildman–Crippen MR) is 96.8 cm³/mol. The average molecular weight is 316 g/mol. The van der Waals surface area contributed by atoms with E-state index in [1.54, 1.807) is 0 Å². The van der Waals surface area contributed by atoms with E-state index in [0.29, 0.717) is 12.2 Å². The average Bonchev–Trinajstić information content (AvgIpc) is 2.98. The van der Waals surface area contributed by atoms with Gasteiger partial charge in [0.1, 0.15) is 5.69 Å². The van der Waals surface area contributed by atoms with Crippen molar-refractivity contribution in [2.45, 2.75) is 32.9 Å². The van der Waals surface area contributed by atoms with E-state index in [0.717, 1.165) is 34.0 Å². The van der Waals surface area contributed by atoms with Crippen LogP contribution in [0.3, 0.4) is 0 Å². The van der Waals surface area contributed by atoms with E-state index in [4.69, 9.17) is 4.98 Å². The first kappa shape index (κ1) is 14.9. The summed E-state index contributed by atoms with van der Waals surface area (Å²) >= 11 is 0. The number of aromatic nitrogens is 1. The van der Waals surface area contributed by atoms with Crippen LogP contribution in [0.25, 0.3) is 22.0 Å². The predicted octanol–water partition coefficient (Wildman–Crippen LogP) is 4.66. The van der Waals surface area contributed by atoms with Gasteiger partial charge in [0.2, 0.25) is 0 Å². The molecule has 1 aromatic heterocycles. The molecule has 1 amide bonds. The van der Waals surface area contributed by atoms with Gasteiger partial charge in [-0.25, -0.2) is 4.98 Å². The summed E-state index contributed by atoms with van der Waals surface area (Å²) in [6.07, 6.45) is 0.948. The van der Waals surface area contributed by atoms with E-state index in [9.17, 15) is 4.79 Å². The van der Waals surface area contributed by atoms with Gasteiger partial charge < -0.3 is 4.90 Å². The Morgan fingerprint density at radius 2 is 1.67 bits per heavy atom. The Labute approximate surface area is 141 Å². The lowest BCUT2D eigenvalue weighted by Gasteiger charge is -2.22. The molecule has 0 unspecified atom stereocenters. The van der Waals surface area contributed by atoms with Gasteiger partial charge in [0.15, 0.2) is 0 Å².